The lowest BCUT2D eigenvalue weighted by atomic mass is 9.97. The van der Waals surface area contributed by atoms with Crippen molar-refractivity contribution < 1.29 is 24.2 Å². The average molecular weight is 371 g/mol. The molecule has 0 radical (unpaired) electrons. The maximum absolute atomic E-state index is 12.4. The number of hydrogen-bond acceptors (Lipinski definition) is 4. The van der Waals surface area contributed by atoms with Gasteiger partial charge >= 0.3 is 5.97 Å². The van der Waals surface area contributed by atoms with Crippen molar-refractivity contribution in [1.29, 1.82) is 0 Å². The van der Waals surface area contributed by atoms with Crippen molar-refractivity contribution in [3.05, 3.63) is 41.7 Å². The van der Waals surface area contributed by atoms with Crippen molar-refractivity contribution >= 4 is 17.4 Å². The highest BCUT2D eigenvalue weighted by Crippen LogP contribution is 2.40. The molecule has 0 aromatic heterocycles. The molecule has 6 nitrogen and oxygen atoms in total. The maximum Gasteiger partial charge on any atom is 0.306 e. The van der Waals surface area contributed by atoms with Crippen LogP contribution in [0.25, 0.3) is 5.57 Å². The van der Waals surface area contributed by atoms with Crippen LogP contribution in [-0.2, 0) is 9.59 Å². The maximum atomic E-state index is 12.4. The Morgan fingerprint density at radius 2 is 2.04 bits per heavy atom. The van der Waals surface area contributed by atoms with E-state index in [1.165, 1.54) is 0 Å². The third kappa shape index (κ3) is 3.99. The number of nitrogens with zero attached hydrogens (tertiary/aromatic N) is 1. The number of carboxylic acid groups (broad SMARTS) is 1. The summed E-state index contributed by atoms with van der Waals surface area (Å²) in [4.78, 5) is 25.1. The summed E-state index contributed by atoms with van der Waals surface area (Å²) >= 11 is 0. The van der Waals surface area contributed by atoms with Crippen LogP contribution in [0.15, 0.2) is 30.5 Å². The number of carbonyl (C=O) groups excluding carboxylic acids is 1. The SMILES string of the molecule is C=C1C=C(CC)c2ccc(OCC(=O)N3CCC(C(=O)O)CC3)c(C)c2O1. The van der Waals surface area contributed by atoms with Gasteiger partial charge in [0.15, 0.2) is 6.61 Å². The summed E-state index contributed by atoms with van der Waals surface area (Å²) < 4.78 is 11.6. The van der Waals surface area contributed by atoms with Gasteiger partial charge in [0.05, 0.1) is 5.92 Å². The predicted octanol–water partition coefficient (Wildman–Crippen LogP) is 3.40. The minimum absolute atomic E-state index is 0.0746. The summed E-state index contributed by atoms with van der Waals surface area (Å²) in [5, 5.41) is 9.05. The molecule has 0 unspecified atom stereocenters. The van der Waals surface area contributed by atoms with Crippen LogP contribution in [0.5, 0.6) is 11.5 Å². The number of fused-ring (bicyclic) bond motifs is 1. The number of rotatable bonds is 5. The number of carboxylic acids is 1. The summed E-state index contributed by atoms with van der Waals surface area (Å²) in [6.07, 6.45) is 3.79. The number of likely N-dealkylation sites (tertiary alicyclic amines) is 1. The van der Waals surface area contributed by atoms with Gasteiger partial charge in [-0.05, 0) is 50.0 Å². The molecule has 1 N–H and O–H groups in total. The largest absolute Gasteiger partial charge is 0.483 e. The van der Waals surface area contributed by atoms with E-state index in [1.807, 2.05) is 25.1 Å². The molecule has 2 aliphatic rings. The fourth-order valence-corrected chi connectivity index (χ4v) is 3.55. The molecule has 0 aliphatic carbocycles. The van der Waals surface area contributed by atoms with Gasteiger partial charge in [-0.1, -0.05) is 13.5 Å². The molecule has 1 aromatic carbocycles. The first kappa shape index (κ1) is 19.0. The third-order valence-electron chi connectivity index (χ3n) is 5.20. The van der Waals surface area contributed by atoms with E-state index in [9.17, 15) is 9.59 Å². The highest BCUT2D eigenvalue weighted by atomic mass is 16.5. The second-order valence-electron chi connectivity index (χ2n) is 6.94. The molecule has 2 heterocycles. The van der Waals surface area contributed by atoms with E-state index < -0.39 is 5.97 Å². The number of benzene rings is 1. The van der Waals surface area contributed by atoms with Crippen LogP contribution in [0.3, 0.4) is 0 Å². The number of amides is 1. The lowest BCUT2D eigenvalue weighted by Crippen LogP contribution is -2.42. The number of carbonyl (C=O) groups is 2. The number of ether oxygens (including phenoxy) is 2. The molecule has 1 aromatic rings. The van der Waals surface area contributed by atoms with Crippen LogP contribution < -0.4 is 9.47 Å². The van der Waals surface area contributed by atoms with E-state index in [4.69, 9.17) is 14.6 Å². The highest BCUT2D eigenvalue weighted by Gasteiger charge is 2.27. The Morgan fingerprint density at radius 3 is 2.67 bits per heavy atom. The fraction of sp³-hybridized carbons (Fsp3) is 0.429. The zero-order chi connectivity index (χ0) is 19.6. The molecule has 6 heteroatoms. The Bertz CT molecular complexity index is 803. The fourth-order valence-electron chi connectivity index (χ4n) is 3.55. The summed E-state index contributed by atoms with van der Waals surface area (Å²) in [6.45, 7) is 8.72. The van der Waals surface area contributed by atoms with Gasteiger partial charge < -0.3 is 19.5 Å². The zero-order valence-corrected chi connectivity index (χ0v) is 15.8. The van der Waals surface area contributed by atoms with E-state index in [2.05, 4.69) is 13.5 Å². The smallest absolute Gasteiger partial charge is 0.306 e. The van der Waals surface area contributed by atoms with Gasteiger partial charge in [0.1, 0.15) is 17.3 Å². The van der Waals surface area contributed by atoms with Gasteiger partial charge in [-0.2, -0.15) is 0 Å². The van der Waals surface area contributed by atoms with Crippen molar-refractivity contribution in [3.8, 4) is 11.5 Å². The first-order valence-electron chi connectivity index (χ1n) is 9.25. The Hall–Kier alpha value is -2.76. The first-order valence-corrected chi connectivity index (χ1v) is 9.25. The van der Waals surface area contributed by atoms with Gasteiger partial charge in [0.2, 0.25) is 0 Å². The van der Waals surface area contributed by atoms with E-state index >= 15 is 0 Å². The molecule has 1 fully saturated rings. The molecule has 0 bridgehead atoms. The summed E-state index contributed by atoms with van der Waals surface area (Å²) in [7, 11) is 0. The molecule has 3 rings (SSSR count). The van der Waals surface area contributed by atoms with E-state index in [0.717, 1.165) is 28.9 Å². The quantitative estimate of drug-likeness (QED) is 0.858. The van der Waals surface area contributed by atoms with Crippen molar-refractivity contribution in [2.45, 2.75) is 33.1 Å². The number of piperidine rings is 1. The molecule has 0 saturated carbocycles. The first-order chi connectivity index (χ1) is 12.9. The zero-order valence-electron chi connectivity index (χ0n) is 15.8. The molecule has 2 aliphatic heterocycles. The van der Waals surface area contributed by atoms with Crippen LogP contribution in [0.1, 0.15) is 37.3 Å². The Kier molecular flexibility index (Phi) is 5.54. The van der Waals surface area contributed by atoms with Crippen molar-refractivity contribution in [3.63, 3.8) is 0 Å². The standard InChI is InChI=1S/C21H25NO5/c1-4-15-11-13(2)27-20-14(3)18(6-5-17(15)20)26-12-19(23)22-9-7-16(8-10-22)21(24)25/h5-6,11,16H,2,4,7-10,12H2,1,3H3,(H,24,25). The number of aliphatic carboxylic acids is 1. The average Bonchev–Trinajstić information content (AvgIpc) is 2.67. The van der Waals surface area contributed by atoms with Crippen molar-refractivity contribution in [1.82, 2.24) is 4.90 Å². The van der Waals surface area contributed by atoms with Gasteiger partial charge in [-0.3, -0.25) is 9.59 Å². The summed E-state index contributed by atoms with van der Waals surface area (Å²) in [6, 6.07) is 3.81. The van der Waals surface area contributed by atoms with Gasteiger partial charge in [0.25, 0.3) is 5.91 Å². The minimum atomic E-state index is -0.787. The summed E-state index contributed by atoms with van der Waals surface area (Å²) in [5.41, 5.74) is 3.02. The molecular formula is C21H25NO5. The van der Waals surface area contributed by atoms with Crippen LogP contribution in [0.2, 0.25) is 0 Å². The Labute approximate surface area is 159 Å². The second-order valence-corrected chi connectivity index (χ2v) is 6.94. The van der Waals surface area contributed by atoms with Crippen LogP contribution in [-0.4, -0.2) is 41.6 Å². The predicted molar refractivity (Wildman–Crippen MR) is 102 cm³/mol. The Morgan fingerprint density at radius 1 is 1.33 bits per heavy atom. The van der Waals surface area contributed by atoms with Gasteiger partial charge in [-0.25, -0.2) is 0 Å². The van der Waals surface area contributed by atoms with E-state index in [-0.39, 0.29) is 18.4 Å². The van der Waals surface area contributed by atoms with E-state index in [1.54, 1.807) is 4.90 Å². The Balaban J connectivity index is 1.65. The topological polar surface area (TPSA) is 76.1 Å². The molecule has 0 atom stereocenters. The normalized spacial score (nSPS) is 17.0. The molecule has 144 valence electrons. The van der Waals surface area contributed by atoms with Gasteiger partial charge in [0, 0.05) is 24.2 Å². The van der Waals surface area contributed by atoms with Crippen LogP contribution >= 0.6 is 0 Å². The van der Waals surface area contributed by atoms with E-state index in [0.29, 0.717) is 37.4 Å². The van der Waals surface area contributed by atoms with Crippen molar-refractivity contribution in [2.24, 2.45) is 5.92 Å². The number of hydrogen-bond donors (Lipinski definition) is 1. The molecular weight excluding hydrogens is 346 g/mol. The highest BCUT2D eigenvalue weighted by molar-refractivity contribution is 5.79. The lowest BCUT2D eigenvalue weighted by Gasteiger charge is -2.30. The monoisotopic (exact) mass is 371 g/mol. The minimum Gasteiger partial charge on any atom is -0.483 e. The molecule has 1 saturated heterocycles. The van der Waals surface area contributed by atoms with Gasteiger partial charge in [-0.15, -0.1) is 0 Å². The lowest BCUT2D eigenvalue weighted by molar-refractivity contribution is -0.146. The second kappa shape index (κ2) is 7.86. The molecule has 1 amide bonds. The summed E-state index contributed by atoms with van der Waals surface area (Å²) in [5.74, 6) is 0.653. The van der Waals surface area contributed by atoms with Crippen LogP contribution in [0, 0.1) is 12.8 Å². The third-order valence-corrected chi connectivity index (χ3v) is 5.20. The van der Waals surface area contributed by atoms with Crippen LogP contribution in [0.4, 0.5) is 0 Å². The molecule has 0 spiro atoms. The molecule has 27 heavy (non-hydrogen) atoms. The van der Waals surface area contributed by atoms with Crippen molar-refractivity contribution in [2.75, 3.05) is 19.7 Å². The number of allylic oxidation sites excluding steroid dienone is 2.